The minimum Gasteiger partial charge on any atom is -0.391 e. The molecule has 3 rings (SSSR count). The van der Waals surface area contributed by atoms with Crippen LogP contribution in [0.4, 0.5) is 0 Å². The number of benzene rings is 2. The number of likely N-dealkylation sites (N-methyl/N-ethyl adjacent to an activating group) is 7. The van der Waals surface area contributed by atoms with Crippen LogP contribution in [0.2, 0.25) is 0 Å². The van der Waals surface area contributed by atoms with E-state index in [4.69, 9.17) is 0 Å². The van der Waals surface area contributed by atoms with Crippen molar-refractivity contribution in [2.75, 3.05) is 62.4 Å². The molecule has 93 heavy (non-hydrogen) atoms. The third-order valence-electron chi connectivity index (χ3n) is 18.1. The Labute approximate surface area is 554 Å². The average molecular weight is 1300 g/mol. The summed E-state index contributed by atoms with van der Waals surface area (Å²) in [5, 5.41) is 22.6. The van der Waals surface area contributed by atoms with Crippen LogP contribution in [0.1, 0.15) is 140 Å². The zero-order valence-electron chi connectivity index (χ0n) is 59.5. The van der Waals surface area contributed by atoms with Gasteiger partial charge in [-0.15, -0.1) is 0 Å². The zero-order valence-corrected chi connectivity index (χ0v) is 59.5. The fourth-order valence-corrected chi connectivity index (χ4v) is 11.9. The molecule has 0 bridgehead atoms. The second-order valence-electron chi connectivity index (χ2n) is 27.7. The topological polar surface area (TPSA) is 279 Å². The van der Waals surface area contributed by atoms with Crippen molar-refractivity contribution >= 4 is 64.9 Å². The van der Waals surface area contributed by atoms with Crippen LogP contribution in [0.3, 0.4) is 0 Å². The maximum Gasteiger partial charge on any atom is 0.246 e. The molecule has 0 aliphatic carbocycles. The predicted octanol–water partition coefficient (Wildman–Crippen LogP) is 4.17. The van der Waals surface area contributed by atoms with Gasteiger partial charge >= 0.3 is 0 Å². The van der Waals surface area contributed by atoms with E-state index in [9.17, 15) is 48.3 Å². The molecule has 0 spiro atoms. The summed E-state index contributed by atoms with van der Waals surface area (Å²) in [6, 6.07) is 6.24. The number of ketones is 1. The maximum atomic E-state index is 15.2. The van der Waals surface area contributed by atoms with Crippen LogP contribution in [0.15, 0.2) is 60.7 Å². The number of carbonyl (C=O) groups is 11. The van der Waals surface area contributed by atoms with E-state index in [1.54, 1.807) is 86.5 Å². The molecule has 5 N–H and O–H groups in total. The summed E-state index contributed by atoms with van der Waals surface area (Å²) in [5.41, 5.74) is 1.36. The fraction of sp³-hybridized carbons (Fsp3) is 0.671. The number of hydrogen-bond donors (Lipinski definition) is 5. The molecule has 2 aromatic rings. The Bertz CT molecular complexity index is 2840. The lowest BCUT2D eigenvalue weighted by atomic mass is 9.91. The third-order valence-corrected chi connectivity index (χ3v) is 18.1. The first kappa shape index (κ1) is 80.0. The first-order chi connectivity index (χ1) is 43.4. The molecule has 0 radical (unpaired) electrons. The molecule has 23 heteroatoms. The van der Waals surface area contributed by atoms with Gasteiger partial charge in [0.15, 0.2) is 5.78 Å². The van der Waals surface area contributed by atoms with Crippen molar-refractivity contribution in [2.24, 2.45) is 35.5 Å². The summed E-state index contributed by atoms with van der Waals surface area (Å²) in [7, 11) is 10.5. The minimum absolute atomic E-state index is 0.00673. The third kappa shape index (κ3) is 23.0. The Morgan fingerprint density at radius 1 is 0.473 bits per heavy atom. The smallest absolute Gasteiger partial charge is 0.246 e. The lowest BCUT2D eigenvalue weighted by molar-refractivity contribution is -0.152. The molecule has 0 saturated carbocycles. The number of amides is 10. The number of nitrogens with zero attached hydrogens (tertiary/aromatic N) is 7. The van der Waals surface area contributed by atoms with Gasteiger partial charge in [0.2, 0.25) is 59.1 Å². The summed E-state index contributed by atoms with van der Waals surface area (Å²) in [5.74, 6) is -8.28. The van der Waals surface area contributed by atoms with E-state index in [-0.39, 0.29) is 68.2 Å². The molecule has 1 saturated heterocycles. The molecular weight excluding hydrogens is 1190 g/mol. The molecule has 520 valence electrons. The van der Waals surface area contributed by atoms with E-state index < -0.39 is 144 Å². The van der Waals surface area contributed by atoms with Gasteiger partial charge in [-0.05, 0) is 94.7 Å². The Kier molecular flexibility index (Phi) is 31.8. The van der Waals surface area contributed by atoms with Gasteiger partial charge in [-0.2, -0.15) is 0 Å². The first-order valence-electron chi connectivity index (χ1n) is 33.1. The molecule has 1 aliphatic rings. The fourth-order valence-electron chi connectivity index (χ4n) is 11.9. The molecule has 1 aliphatic heterocycles. The number of Topliss-reactive ketones (excluding diaryl/α,β-unsaturated/α-hetero) is 1. The van der Waals surface area contributed by atoms with Gasteiger partial charge < -0.3 is 55.8 Å². The molecule has 1 fully saturated rings. The van der Waals surface area contributed by atoms with Gasteiger partial charge in [-0.1, -0.05) is 136 Å². The van der Waals surface area contributed by atoms with Gasteiger partial charge in [0, 0.05) is 68.1 Å². The molecule has 10 amide bonds. The second-order valence-corrected chi connectivity index (χ2v) is 27.7. The van der Waals surface area contributed by atoms with Gasteiger partial charge in [-0.25, -0.2) is 0 Å². The number of aliphatic hydroxyl groups is 1. The van der Waals surface area contributed by atoms with Gasteiger partial charge in [0.1, 0.15) is 48.3 Å². The van der Waals surface area contributed by atoms with Crippen LogP contribution < -0.4 is 21.3 Å². The molecule has 0 unspecified atom stereocenters. The van der Waals surface area contributed by atoms with Crippen LogP contribution in [0, 0.1) is 35.5 Å². The van der Waals surface area contributed by atoms with E-state index in [0.717, 1.165) is 0 Å². The van der Waals surface area contributed by atoms with Crippen molar-refractivity contribution < 1.29 is 57.8 Å². The highest BCUT2D eigenvalue weighted by atomic mass is 16.3. The Hall–Kier alpha value is -7.27. The van der Waals surface area contributed by atoms with Gasteiger partial charge in [0.25, 0.3) is 0 Å². The van der Waals surface area contributed by atoms with Crippen LogP contribution in [0.5, 0.6) is 0 Å². The summed E-state index contributed by atoms with van der Waals surface area (Å²) < 4.78 is 0. The van der Waals surface area contributed by atoms with E-state index in [0.29, 0.717) is 24.0 Å². The van der Waals surface area contributed by atoms with Crippen molar-refractivity contribution in [3.05, 3.63) is 71.8 Å². The Morgan fingerprint density at radius 3 is 1.40 bits per heavy atom. The highest BCUT2D eigenvalue weighted by molar-refractivity contribution is 5.98. The quantitative estimate of drug-likeness (QED) is 0.178. The van der Waals surface area contributed by atoms with Crippen molar-refractivity contribution in [3.63, 3.8) is 0 Å². The lowest BCUT2D eigenvalue weighted by Gasteiger charge is -2.38. The second kappa shape index (κ2) is 37.0. The number of aliphatic hydroxyl groups excluding tert-OH is 1. The van der Waals surface area contributed by atoms with E-state index >= 15 is 9.59 Å². The van der Waals surface area contributed by atoms with E-state index in [1.807, 2.05) is 55.4 Å². The molecular formula is C70H113N11O12. The van der Waals surface area contributed by atoms with Crippen LogP contribution in [0.25, 0.3) is 0 Å². The molecule has 23 nitrogen and oxygen atoms in total. The first-order valence-corrected chi connectivity index (χ1v) is 33.1. The number of hydrogen-bond acceptors (Lipinski definition) is 13. The Balaban J connectivity index is 2.28. The minimum atomic E-state index is -1.34. The van der Waals surface area contributed by atoms with Crippen molar-refractivity contribution in [1.82, 2.24) is 55.6 Å². The monoisotopic (exact) mass is 1300 g/mol. The SMILES string of the molecule is CC[C@H](C)[C@H]1C(=O)CN(C)C[C@@H](CC(C)C)C(=O)N[C@@H](C)C(=O)N(C)[C@@H](CC(C)C)C(=O)N(C)[C@@H](Cc2ccccc2)C(=O)N[C@@H]([C@@H](C)O)CC(=O)N(C)[C@@H](Cc2ccccc2)C(=O)N(C)[C@@H](CC(C)C)C(=O)N(C)[C@@H](C)C(=O)N[C@@H](C)C(=O)N[C@H](C(C)C)C(=O)N1C. The van der Waals surface area contributed by atoms with Crippen LogP contribution in [-0.2, 0) is 65.6 Å². The Morgan fingerprint density at radius 2 is 0.925 bits per heavy atom. The maximum absolute atomic E-state index is 15.2. The normalized spacial score (nSPS) is 26.7. The number of nitrogens with one attached hydrogen (secondary N) is 4. The lowest BCUT2D eigenvalue weighted by Crippen LogP contribution is -2.60. The van der Waals surface area contributed by atoms with Gasteiger partial charge in [-0.3, -0.25) is 57.6 Å². The van der Waals surface area contributed by atoms with Crippen LogP contribution >= 0.6 is 0 Å². The highest BCUT2D eigenvalue weighted by Gasteiger charge is 2.43. The molecule has 1 heterocycles. The van der Waals surface area contributed by atoms with E-state index in [1.165, 1.54) is 99.4 Å². The summed E-state index contributed by atoms with van der Waals surface area (Å²) in [6.45, 7) is 24.5. The van der Waals surface area contributed by atoms with Crippen molar-refractivity contribution in [3.8, 4) is 0 Å². The zero-order chi connectivity index (χ0) is 70.6. The van der Waals surface area contributed by atoms with Gasteiger partial charge in [0.05, 0.1) is 30.7 Å². The van der Waals surface area contributed by atoms with Crippen molar-refractivity contribution in [2.45, 2.75) is 208 Å². The number of rotatable bonds is 14. The number of carbonyl (C=O) groups excluding carboxylic acids is 11. The summed E-state index contributed by atoms with van der Waals surface area (Å²) in [4.78, 5) is 171. The van der Waals surface area contributed by atoms with Crippen molar-refractivity contribution in [1.29, 1.82) is 0 Å². The summed E-state index contributed by atoms with van der Waals surface area (Å²) >= 11 is 0. The highest BCUT2D eigenvalue weighted by Crippen LogP contribution is 2.24. The molecule has 0 aromatic heterocycles. The largest absolute Gasteiger partial charge is 0.391 e. The predicted molar refractivity (Wildman–Crippen MR) is 359 cm³/mol. The van der Waals surface area contributed by atoms with E-state index in [2.05, 4.69) is 21.3 Å². The summed E-state index contributed by atoms with van der Waals surface area (Å²) in [6.07, 6.45) is -0.666. The average Bonchev–Trinajstić information content (AvgIpc) is 0.917. The molecule has 2 aromatic carbocycles. The van der Waals surface area contributed by atoms with Crippen LogP contribution in [-0.4, -0.2) is 233 Å². The molecule has 13 atom stereocenters. The standard InChI is InChI=1S/C70H113N11O12/c1-22-45(10)61-58(83)40-75(15)39-52(33-41(2)3)64(87)72-47(12)66(89)79(19)56(35-43(6)7)68(91)78(18)54(36-50-29-25-23-26-30-50)65(88)73-53(49(14)82)38-59(84)77(17)57(37-51-31-27-24-28-32-51)69(92)80(20)55(34-42(4)5)67(90)76(16)48(13)63(86)71-46(11)62(85)74-60(44(8)9)70(93)81(61)21/h23-32,41-49,52-57,60-61,82H,22,33-40H2,1-21H3,(H,71,86)(H,72,87)(H,73,88)(H,74,85)/t45-,46-,47-,48-,49+,52+,53+,54-,55-,56-,57-,60+,61-/m0/s1.